The molecule has 0 nitrogen and oxygen atoms in total. The normalized spacial score (nSPS) is 11.6. The third-order valence-corrected chi connectivity index (χ3v) is 3.14. The Morgan fingerprint density at radius 2 is 1.22 bits per heavy atom. The van der Waals surface area contributed by atoms with Gasteiger partial charge >= 0.3 is 0 Å². The summed E-state index contributed by atoms with van der Waals surface area (Å²) in [6, 6.07) is 15.4. The largest absolute Gasteiger partial charge is 0.207 e. The third kappa shape index (κ3) is 3.19. The van der Waals surface area contributed by atoms with E-state index in [9.17, 15) is 4.39 Å². The highest BCUT2D eigenvalue weighted by atomic mass is 19.1. The summed E-state index contributed by atoms with van der Waals surface area (Å²) in [5, 5.41) is 0. The smallest absolute Gasteiger partial charge is 0.123 e. The molecule has 0 aromatic heterocycles. The molecule has 0 amide bonds. The minimum absolute atomic E-state index is 0.179. The van der Waals surface area contributed by atoms with E-state index in [1.54, 1.807) is 0 Å². The van der Waals surface area contributed by atoms with Gasteiger partial charge in [0.15, 0.2) is 0 Å². The Kier molecular flexibility index (Phi) is 3.51. The van der Waals surface area contributed by atoms with Gasteiger partial charge in [-0.2, -0.15) is 0 Å². The van der Waals surface area contributed by atoms with Crippen molar-refractivity contribution in [1.29, 1.82) is 0 Å². The Labute approximate surface area is 108 Å². The van der Waals surface area contributed by atoms with E-state index in [2.05, 4.69) is 45.0 Å². The fourth-order valence-corrected chi connectivity index (χ4v) is 1.96. The van der Waals surface area contributed by atoms with E-state index in [4.69, 9.17) is 0 Å². The lowest BCUT2D eigenvalue weighted by Gasteiger charge is -2.19. The molecule has 0 radical (unpaired) electrons. The summed E-state index contributed by atoms with van der Waals surface area (Å²) in [5.41, 5.74) is 3.92. The Bertz CT molecular complexity index is 501. The minimum Gasteiger partial charge on any atom is -0.207 e. The van der Waals surface area contributed by atoms with Crippen molar-refractivity contribution in [1.82, 2.24) is 0 Å². The fourth-order valence-electron chi connectivity index (χ4n) is 1.96. The molecule has 0 aliphatic rings. The standard InChI is InChI=1S/C17H19F/c1-17(2,3)15-8-4-13(5-9-15)12-14-6-10-16(18)11-7-14/h4-11H,12H2,1-3H3. The second-order valence-corrected chi connectivity index (χ2v) is 5.75. The first-order chi connectivity index (χ1) is 8.45. The second-order valence-electron chi connectivity index (χ2n) is 5.75. The van der Waals surface area contributed by atoms with Crippen LogP contribution in [-0.4, -0.2) is 0 Å². The zero-order valence-corrected chi connectivity index (χ0v) is 11.2. The van der Waals surface area contributed by atoms with E-state index in [-0.39, 0.29) is 11.2 Å². The number of rotatable bonds is 2. The van der Waals surface area contributed by atoms with Gasteiger partial charge in [0.2, 0.25) is 0 Å². The first kappa shape index (κ1) is 12.8. The van der Waals surface area contributed by atoms with Gasteiger partial charge in [-0.3, -0.25) is 0 Å². The average molecular weight is 242 g/mol. The topological polar surface area (TPSA) is 0 Å². The Morgan fingerprint density at radius 1 is 0.778 bits per heavy atom. The molecule has 0 N–H and O–H groups in total. The summed E-state index contributed by atoms with van der Waals surface area (Å²) in [4.78, 5) is 0. The van der Waals surface area contributed by atoms with E-state index in [0.717, 1.165) is 12.0 Å². The molecule has 0 aliphatic carbocycles. The van der Waals surface area contributed by atoms with Crippen LogP contribution in [0.3, 0.4) is 0 Å². The van der Waals surface area contributed by atoms with Gasteiger partial charge in [0, 0.05) is 0 Å². The summed E-state index contributed by atoms with van der Waals surface area (Å²) in [7, 11) is 0. The van der Waals surface area contributed by atoms with Crippen LogP contribution in [-0.2, 0) is 11.8 Å². The number of benzene rings is 2. The molecule has 94 valence electrons. The third-order valence-electron chi connectivity index (χ3n) is 3.14. The number of hydrogen-bond donors (Lipinski definition) is 0. The predicted molar refractivity (Wildman–Crippen MR) is 74.3 cm³/mol. The van der Waals surface area contributed by atoms with Crippen LogP contribution in [0.5, 0.6) is 0 Å². The number of halogens is 1. The van der Waals surface area contributed by atoms with Crippen molar-refractivity contribution in [2.24, 2.45) is 0 Å². The molecule has 2 aromatic rings. The van der Waals surface area contributed by atoms with Gasteiger partial charge in [0.25, 0.3) is 0 Å². The molecule has 2 aromatic carbocycles. The van der Waals surface area contributed by atoms with E-state index < -0.39 is 0 Å². The van der Waals surface area contributed by atoms with Crippen molar-refractivity contribution in [2.75, 3.05) is 0 Å². The van der Waals surface area contributed by atoms with Gasteiger partial charge in [-0.15, -0.1) is 0 Å². The molecule has 1 heteroatoms. The van der Waals surface area contributed by atoms with Crippen LogP contribution in [0.2, 0.25) is 0 Å². The van der Waals surface area contributed by atoms with Crippen LogP contribution in [0.25, 0.3) is 0 Å². The highest BCUT2D eigenvalue weighted by Crippen LogP contribution is 2.22. The van der Waals surface area contributed by atoms with Crippen LogP contribution in [0.4, 0.5) is 4.39 Å². The highest BCUT2D eigenvalue weighted by molar-refractivity contribution is 5.31. The van der Waals surface area contributed by atoms with Crippen molar-refractivity contribution in [3.63, 3.8) is 0 Å². The van der Waals surface area contributed by atoms with Crippen LogP contribution < -0.4 is 0 Å². The summed E-state index contributed by atoms with van der Waals surface area (Å²) in [6.45, 7) is 6.63. The van der Waals surface area contributed by atoms with Gasteiger partial charge in [-0.05, 0) is 40.7 Å². The Hall–Kier alpha value is -1.63. The van der Waals surface area contributed by atoms with Crippen LogP contribution in [0, 0.1) is 5.82 Å². The van der Waals surface area contributed by atoms with Crippen molar-refractivity contribution >= 4 is 0 Å². The summed E-state index contributed by atoms with van der Waals surface area (Å²) < 4.78 is 12.8. The molecule has 0 bridgehead atoms. The van der Waals surface area contributed by atoms with E-state index in [0.29, 0.717) is 0 Å². The molecule has 0 spiro atoms. The molecule has 2 rings (SSSR count). The van der Waals surface area contributed by atoms with Gasteiger partial charge in [-0.1, -0.05) is 57.2 Å². The highest BCUT2D eigenvalue weighted by Gasteiger charge is 2.12. The molecule has 0 heterocycles. The molecule has 0 aliphatic heterocycles. The van der Waals surface area contributed by atoms with Gasteiger partial charge in [0.1, 0.15) is 5.82 Å². The van der Waals surface area contributed by atoms with Gasteiger partial charge in [0.05, 0.1) is 0 Å². The van der Waals surface area contributed by atoms with Crippen molar-refractivity contribution in [3.05, 3.63) is 71.0 Å². The average Bonchev–Trinajstić information content (AvgIpc) is 2.32. The maximum atomic E-state index is 12.8. The number of hydrogen-bond acceptors (Lipinski definition) is 0. The van der Waals surface area contributed by atoms with Crippen LogP contribution >= 0.6 is 0 Å². The Balaban J connectivity index is 2.13. The second kappa shape index (κ2) is 4.93. The monoisotopic (exact) mass is 242 g/mol. The molecule has 0 fully saturated rings. The molecule has 0 saturated heterocycles. The Morgan fingerprint density at radius 3 is 1.67 bits per heavy atom. The summed E-state index contributed by atoms with van der Waals surface area (Å²) in [6.07, 6.45) is 0.852. The first-order valence-corrected chi connectivity index (χ1v) is 6.29. The molecule has 0 saturated carbocycles. The molecular weight excluding hydrogens is 223 g/mol. The fraction of sp³-hybridized carbons (Fsp3) is 0.294. The molecule has 18 heavy (non-hydrogen) atoms. The van der Waals surface area contributed by atoms with E-state index in [1.165, 1.54) is 23.3 Å². The molecule has 0 unspecified atom stereocenters. The molecular formula is C17H19F. The van der Waals surface area contributed by atoms with Gasteiger partial charge < -0.3 is 0 Å². The summed E-state index contributed by atoms with van der Waals surface area (Å²) >= 11 is 0. The SMILES string of the molecule is CC(C)(C)c1ccc(Cc2ccc(F)cc2)cc1. The lowest BCUT2D eigenvalue weighted by molar-refractivity contribution is 0.590. The van der Waals surface area contributed by atoms with Crippen molar-refractivity contribution in [3.8, 4) is 0 Å². The van der Waals surface area contributed by atoms with Gasteiger partial charge in [-0.25, -0.2) is 4.39 Å². The van der Waals surface area contributed by atoms with Crippen molar-refractivity contribution in [2.45, 2.75) is 32.6 Å². The maximum absolute atomic E-state index is 12.8. The zero-order chi connectivity index (χ0) is 13.2. The summed E-state index contributed by atoms with van der Waals surface area (Å²) in [5.74, 6) is -0.179. The maximum Gasteiger partial charge on any atom is 0.123 e. The van der Waals surface area contributed by atoms with Crippen molar-refractivity contribution < 1.29 is 4.39 Å². The lowest BCUT2D eigenvalue weighted by Crippen LogP contribution is -2.10. The van der Waals surface area contributed by atoms with E-state index in [1.807, 2.05) is 12.1 Å². The molecule has 0 atom stereocenters. The van der Waals surface area contributed by atoms with Crippen LogP contribution in [0.15, 0.2) is 48.5 Å². The minimum atomic E-state index is -0.179. The predicted octanol–water partition coefficient (Wildman–Crippen LogP) is 4.71. The first-order valence-electron chi connectivity index (χ1n) is 6.29. The van der Waals surface area contributed by atoms with E-state index >= 15 is 0 Å². The zero-order valence-electron chi connectivity index (χ0n) is 11.2. The quantitative estimate of drug-likeness (QED) is 0.715. The van der Waals surface area contributed by atoms with Crippen LogP contribution in [0.1, 0.15) is 37.5 Å². The lowest BCUT2D eigenvalue weighted by atomic mass is 9.86.